The van der Waals surface area contributed by atoms with Crippen LogP contribution in [-0.2, 0) is 18.3 Å². The molecule has 1 amide bonds. The van der Waals surface area contributed by atoms with Crippen molar-refractivity contribution in [2.75, 3.05) is 13.2 Å². The first-order chi connectivity index (χ1) is 11.1. The molecular formula is C16H26NO5P. The first kappa shape index (κ1) is 18.0. The number of rotatable bonds is 7. The van der Waals surface area contributed by atoms with Crippen LogP contribution in [0.4, 0.5) is 4.79 Å². The molecule has 0 saturated carbocycles. The SMILES string of the molecule is [2H][C@](NC(=O)OC(C)(C)C)(c1ccccc1)P(=O)(OCC)OCC. The number of ether oxygens (including phenoxy) is 1. The molecule has 0 aromatic heterocycles. The number of hydrogen-bond donors (Lipinski definition) is 1. The lowest BCUT2D eigenvalue weighted by Crippen LogP contribution is -2.35. The molecule has 0 fully saturated rings. The molecule has 0 aliphatic carbocycles. The normalized spacial score (nSPS) is 15.4. The Morgan fingerprint density at radius 1 is 1.22 bits per heavy atom. The van der Waals surface area contributed by atoms with Crippen LogP contribution in [0.5, 0.6) is 0 Å². The van der Waals surface area contributed by atoms with Crippen molar-refractivity contribution in [3.8, 4) is 0 Å². The lowest BCUT2D eigenvalue weighted by molar-refractivity contribution is 0.0508. The maximum Gasteiger partial charge on any atom is 0.408 e. The monoisotopic (exact) mass is 344 g/mol. The van der Waals surface area contributed by atoms with Crippen LogP contribution in [0.1, 0.15) is 47.3 Å². The summed E-state index contributed by atoms with van der Waals surface area (Å²) in [5, 5.41) is 2.37. The van der Waals surface area contributed by atoms with Gasteiger partial charge in [0.1, 0.15) is 5.60 Å². The van der Waals surface area contributed by atoms with Gasteiger partial charge in [-0.05, 0) is 40.2 Å². The summed E-state index contributed by atoms with van der Waals surface area (Å²) in [7, 11) is -4.03. The summed E-state index contributed by atoms with van der Waals surface area (Å²) < 4.78 is 37.8. The molecule has 0 spiro atoms. The van der Waals surface area contributed by atoms with Crippen molar-refractivity contribution in [2.45, 2.75) is 46.0 Å². The second-order valence-electron chi connectivity index (χ2n) is 5.67. The molecule has 1 atom stereocenters. The van der Waals surface area contributed by atoms with Crippen LogP contribution < -0.4 is 5.32 Å². The summed E-state index contributed by atoms with van der Waals surface area (Å²) in [6, 6.07) is 8.27. The molecule has 0 aliphatic rings. The van der Waals surface area contributed by atoms with E-state index >= 15 is 0 Å². The molecule has 0 bridgehead atoms. The Bertz CT molecular complexity index is 580. The van der Waals surface area contributed by atoms with Crippen LogP contribution in [0.15, 0.2) is 30.3 Å². The number of benzene rings is 1. The van der Waals surface area contributed by atoms with Gasteiger partial charge in [-0.1, -0.05) is 30.3 Å². The van der Waals surface area contributed by atoms with E-state index < -0.39 is 25.0 Å². The van der Waals surface area contributed by atoms with Crippen LogP contribution in [0.3, 0.4) is 0 Å². The van der Waals surface area contributed by atoms with Gasteiger partial charge in [-0.15, -0.1) is 0 Å². The third kappa shape index (κ3) is 6.34. The average molecular weight is 344 g/mol. The first-order valence-corrected chi connectivity index (χ1v) is 9.08. The van der Waals surface area contributed by atoms with Gasteiger partial charge in [0.15, 0.2) is 5.76 Å². The summed E-state index contributed by atoms with van der Waals surface area (Å²) in [5.74, 6) is -2.12. The molecule has 6 nitrogen and oxygen atoms in total. The molecule has 0 heterocycles. The Morgan fingerprint density at radius 3 is 2.17 bits per heavy atom. The summed E-state index contributed by atoms with van der Waals surface area (Å²) in [6.07, 6.45) is -0.874. The third-order valence-corrected chi connectivity index (χ3v) is 4.65. The molecule has 0 radical (unpaired) electrons. The molecule has 0 saturated heterocycles. The fourth-order valence-electron chi connectivity index (χ4n) is 1.80. The lowest BCUT2D eigenvalue weighted by atomic mass is 10.2. The molecule has 1 aromatic rings. The van der Waals surface area contributed by atoms with Crippen LogP contribution >= 0.6 is 7.60 Å². The highest BCUT2D eigenvalue weighted by molar-refractivity contribution is 7.54. The summed E-state index contributed by atoms with van der Waals surface area (Å²) >= 11 is 0. The number of carbonyl (C=O) groups excluding carboxylic acids is 1. The maximum absolute atomic E-state index is 13.2. The van der Waals surface area contributed by atoms with Gasteiger partial charge in [-0.3, -0.25) is 4.57 Å². The van der Waals surface area contributed by atoms with Gasteiger partial charge in [0.05, 0.1) is 14.6 Å². The second-order valence-corrected chi connectivity index (χ2v) is 7.63. The standard InChI is InChI=1S/C16H26NO5P/c1-6-20-23(19,21-7-2)14(13-11-9-8-10-12-13)17-15(18)22-16(3,4)5/h8-12,14H,6-7H2,1-5H3,(H,17,18)/t14-/m1/s1/i14D. The number of carbonyl (C=O) groups is 1. The van der Waals surface area contributed by atoms with E-state index in [1.165, 1.54) is 0 Å². The smallest absolute Gasteiger partial charge is 0.408 e. The Morgan fingerprint density at radius 2 is 1.74 bits per heavy atom. The van der Waals surface area contributed by atoms with E-state index in [2.05, 4.69) is 5.32 Å². The highest BCUT2D eigenvalue weighted by atomic mass is 31.2. The number of alkyl carbamates (subject to hydrolysis) is 1. The van der Waals surface area contributed by atoms with Crippen molar-refractivity contribution in [3.05, 3.63) is 35.9 Å². The zero-order chi connectivity index (χ0) is 18.4. The fourth-order valence-corrected chi connectivity index (χ4v) is 3.51. The van der Waals surface area contributed by atoms with Crippen LogP contribution in [0.2, 0.25) is 0 Å². The van der Waals surface area contributed by atoms with Crippen molar-refractivity contribution in [2.24, 2.45) is 0 Å². The zero-order valence-electron chi connectivity index (χ0n) is 15.3. The van der Waals surface area contributed by atoms with Crippen molar-refractivity contribution in [1.29, 1.82) is 0 Å². The van der Waals surface area contributed by atoms with Gasteiger partial charge in [0, 0.05) is 0 Å². The average Bonchev–Trinajstić information content (AvgIpc) is 2.46. The maximum atomic E-state index is 13.2. The minimum absolute atomic E-state index is 0.0702. The Labute approximate surface area is 139 Å². The highest BCUT2D eigenvalue weighted by Crippen LogP contribution is 2.59. The molecular weight excluding hydrogens is 317 g/mol. The first-order valence-electron chi connectivity index (χ1n) is 8.04. The Kier molecular flexibility index (Phi) is 6.63. The van der Waals surface area contributed by atoms with E-state index in [0.29, 0.717) is 0 Å². The van der Waals surface area contributed by atoms with Gasteiger partial charge < -0.3 is 19.1 Å². The van der Waals surface area contributed by atoms with Crippen molar-refractivity contribution >= 4 is 13.7 Å². The van der Waals surface area contributed by atoms with Crippen molar-refractivity contribution in [1.82, 2.24) is 5.32 Å². The quantitative estimate of drug-likeness (QED) is 0.739. The van der Waals surface area contributed by atoms with Crippen LogP contribution in [0.25, 0.3) is 0 Å². The molecule has 0 aliphatic heterocycles. The van der Waals surface area contributed by atoms with Crippen molar-refractivity contribution < 1.29 is 24.5 Å². The molecule has 1 rings (SSSR count). The fraction of sp³-hybridized carbons (Fsp3) is 0.562. The van der Waals surface area contributed by atoms with E-state index in [-0.39, 0.29) is 18.8 Å². The van der Waals surface area contributed by atoms with Gasteiger partial charge in [-0.2, -0.15) is 0 Å². The Hall–Kier alpha value is -1.36. The largest absolute Gasteiger partial charge is 0.444 e. The second kappa shape index (κ2) is 8.48. The van der Waals surface area contributed by atoms with Gasteiger partial charge >= 0.3 is 13.7 Å². The molecule has 7 heteroatoms. The van der Waals surface area contributed by atoms with Gasteiger partial charge in [0.25, 0.3) is 0 Å². The predicted octanol–water partition coefficient (Wildman–Crippen LogP) is 4.48. The van der Waals surface area contributed by atoms with Crippen LogP contribution in [0, 0.1) is 0 Å². The highest BCUT2D eigenvalue weighted by Gasteiger charge is 2.39. The van der Waals surface area contributed by atoms with Crippen LogP contribution in [-0.4, -0.2) is 24.9 Å². The van der Waals surface area contributed by atoms with Gasteiger partial charge in [-0.25, -0.2) is 4.79 Å². The molecule has 23 heavy (non-hydrogen) atoms. The van der Waals surface area contributed by atoms with E-state index in [1.807, 2.05) is 0 Å². The predicted molar refractivity (Wildman–Crippen MR) is 89.4 cm³/mol. The van der Waals surface area contributed by atoms with Gasteiger partial charge in [0.2, 0.25) is 0 Å². The minimum atomic E-state index is -4.03. The molecule has 1 aromatic carbocycles. The number of hydrogen-bond acceptors (Lipinski definition) is 5. The molecule has 130 valence electrons. The van der Waals surface area contributed by atoms with E-state index in [1.54, 1.807) is 65.0 Å². The minimum Gasteiger partial charge on any atom is -0.444 e. The zero-order valence-corrected chi connectivity index (χ0v) is 15.2. The Balaban J connectivity index is 3.31. The van der Waals surface area contributed by atoms with Crippen molar-refractivity contribution in [3.63, 3.8) is 0 Å². The number of amides is 1. The summed E-state index contributed by atoms with van der Waals surface area (Å²) in [5.41, 5.74) is -0.482. The lowest BCUT2D eigenvalue weighted by Gasteiger charge is -2.28. The molecule has 1 N–H and O–H groups in total. The summed E-state index contributed by atoms with van der Waals surface area (Å²) in [4.78, 5) is 12.2. The van der Waals surface area contributed by atoms with E-state index in [4.69, 9.17) is 15.2 Å². The third-order valence-electron chi connectivity index (χ3n) is 2.54. The topological polar surface area (TPSA) is 73.9 Å². The summed E-state index contributed by atoms with van der Waals surface area (Å²) in [6.45, 7) is 8.53. The number of nitrogens with one attached hydrogen (secondary N) is 1. The van der Waals surface area contributed by atoms with E-state index in [0.717, 1.165) is 0 Å². The van der Waals surface area contributed by atoms with E-state index in [9.17, 15) is 9.36 Å². The molecule has 0 unspecified atom stereocenters.